The zero-order valence-electron chi connectivity index (χ0n) is 12.9. The van der Waals surface area contributed by atoms with E-state index in [-0.39, 0.29) is 21.6 Å². The highest BCUT2D eigenvalue weighted by Gasteiger charge is 2.17. The lowest BCUT2D eigenvalue weighted by atomic mass is 10.0. The molecule has 1 heterocycles. The molecule has 7 nitrogen and oxygen atoms in total. The van der Waals surface area contributed by atoms with Crippen LogP contribution in [-0.2, 0) is 10.1 Å². The fourth-order valence-corrected chi connectivity index (χ4v) is 2.79. The molecule has 8 heteroatoms. The van der Waals surface area contributed by atoms with Crippen molar-refractivity contribution in [3.63, 3.8) is 0 Å². The van der Waals surface area contributed by atoms with Gasteiger partial charge in [0.15, 0.2) is 5.78 Å². The molecule has 0 aliphatic heterocycles. The van der Waals surface area contributed by atoms with Crippen LogP contribution in [0.5, 0.6) is 5.75 Å². The molecular weight excluding hydrogens is 348 g/mol. The first-order valence-electron chi connectivity index (χ1n) is 7.04. The molecule has 0 saturated heterocycles. The van der Waals surface area contributed by atoms with E-state index in [2.05, 4.69) is 0 Å². The van der Waals surface area contributed by atoms with Gasteiger partial charge in [-0.25, -0.2) is 4.79 Å². The average Bonchev–Trinajstić information content (AvgIpc) is 2.59. The highest BCUT2D eigenvalue weighted by molar-refractivity contribution is 7.85. The Morgan fingerprint density at radius 2 is 1.76 bits per heavy atom. The van der Waals surface area contributed by atoms with E-state index in [1.165, 1.54) is 31.4 Å². The molecular formula is C17H12O7S. The van der Waals surface area contributed by atoms with E-state index in [0.29, 0.717) is 11.1 Å². The molecule has 3 rings (SSSR count). The lowest BCUT2D eigenvalue weighted by molar-refractivity contribution is 0.103. The summed E-state index contributed by atoms with van der Waals surface area (Å²) in [6, 6.07) is 10.8. The summed E-state index contributed by atoms with van der Waals surface area (Å²) in [5.74, 6) is -0.108. The van der Waals surface area contributed by atoms with E-state index >= 15 is 0 Å². The Labute approximate surface area is 142 Å². The molecule has 1 aromatic heterocycles. The Kier molecular flexibility index (Phi) is 4.15. The Morgan fingerprint density at radius 3 is 2.36 bits per heavy atom. The molecule has 3 aromatic rings. The van der Waals surface area contributed by atoms with Crippen molar-refractivity contribution in [3.05, 3.63) is 70.1 Å². The first-order valence-corrected chi connectivity index (χ1v) is 8.48. The number of methoxy groups -OCH3 is 1. The summed E-state index contributed by atoms with van der Waals surface area (Å²) in [5, 5.41) is 0.540. The highest BCUT2D eigenvalue weighted by Crippen LogP contribution is 2.21. The number of hydrogen-bond donors (Lipinski definition) is 1. The number of ether oxygens (including phenoxy) is 1. The van der Waals surface area contributed by atoms with Gasteiger partial charge in [0.2, 0.25) is 0 Å². The van der Waals surface area contributed by atoms with Gasteiger partial charge < -0.3 is 9.15 Å². The molecule has 2 aromatic carbocycles. The van der Waals surface area contributed by atoms with Crippen molar-refractivity contribution in [2.45, 2.75) is 4.90 Å². The van der Waals surface area contributed by atoms with Crippen LogP contribution in [0.25, 0.3) is 11.0 Å². The van der Waals surface area contributed by atoms with Gasteiger partial charge in [-0.15, -0.1) is 0 Å². The Hall–Kier alpha value is -2.97. The van der Waals surface area contributed by atoms with Crippen LogP contribution >= 0.6 is 0 Å². The van der Waals surface area contributed by atoms with Crippen LogP contribution in [-0.4, -0.2) is 25.9 Å². The summed E-state index contributed by atoms with van der Waals surface area (Å²) in [4.78, 5) is 24.3. The Balaban J connectivity index is 2.05. The number of carbonyl (C=O) groups excluding carboxylic acids is 1. The zero-order valence-corrected chi connectivity index (χ0v) is 13.7. The van der Waals surface area contributed by atoms with Crippen LogP contribution in [0.1, 0.15) is 15.9 Å². The Bertz CT molecular complexity index is 1130. The second-order valence-corrected chi connectivity index (χ2v) is 6.60. The van der Waals surface area contributed by atoms with Gasteiger partial charge >= 0.3 is 5.63 Å². The van der Waals surface area contributed by atoms with Gasteiger partial charge in [0.1, 0.15) is 16.9 Å². The van der Waals surface area contributed by atoms with Crippen molar-refractivity contribution in [2.75, 3.05) is 7.11 Å². The van der Waals surface area contributed by atoms with Gasteiger partial charge in [0.05, 0.1) is 12.0 Å². The van der Waals surface area contributed by atoms with Crippen molar-refractivity contribution in [3.8, 4) is 5.75 Å². The van der Waals surface area contributed by atoms with Crippen LogP contribution in [0.3, 0.4) is 0 Å². The van der Waals surface area contributed by atoms with Gasteiger partial charge in [-0.1, -0.05) is 0 Å². The maximum Gasteiger partial charge on any atom is 0.347 e. The largest absolute Gasteiger partial charge is 0.497 e. The monoisotopic (exact) mass is 360 g/mol. The molecule has 0 fully saturated rings. The molecule has 0 spiro atoms. The van der Waals surface area contributed by atoms with E-state index < -0.39 is 21.5 Å². The predicted molar refractivity (Wildman–Crippen MR) is 88.7 cm³/mol. The molecule has 0 saturated carbocycles. The van der Waals surface area contributed by atoms with E-state index in [1.807, 2.05) is 0 Å². The lowest BCUT2D eigenvalue weighted by Gasteiger charge is -2.04. The number of ketones is 1. The number of rotatable bonds is 4. The SMILES string of the molecule is COc1ccc2cc(C(=O)c3ccc(S(=O)(=O)O)cc3)c(=O)oc2c1. The second kappa shape index (κ2) is 6.15. The van der Waals surface area contributed by atoms with Crippen molar-refractivity contribution in [2.24, 2.45) is 0 Å². The minimum absolute atomic E-state index is 0.0903. The average molecular weight is 360 g/mol. The van der Waals surface area contributed by atoms with Crippen molar-refractivity contribution in [1.29, 1.82) is 0 Å². The van der Waals surface area contributed by atoms with Gasteiger partial charge in [0.25, 0.3) is 10.1 Å². The molecule has 0 aliphatic carbocycles. The number of hydrogen-bond acceptors (Lipinski definition) is 6. The summed E-state index contributed by atoms with van der Waals surface area (Å²) in [6.07, 6.45) is 0. The maximum atomic E-state index is 12.5. The first-order chi connectivity index (χ1) is 11.8. The number of benzene rings is 2. The molecule has 1 N–H and O–H groups in total. The van der Waals surface area contributed by atoms with E-state index in [1.54, 1.807) is 12.1 Å². The minimum Gasteiger partial charge on any atom is -0.497 e. The minimum atomic E-state index is -4.36. The standard InChI is InChI=1S/C17H12O7S/c1-23-12-5-2-11-8-14(17(19)24-15(11)9-12)16(18)10-3-6-13(7-4-10)25(20,21)22/h2-9H,1H3,(H,20,21,22). The van der Waals surface area contributed by atoms with E-state index in [4.69, 9.17) is 13.7 Å². The third kappa shape index (κ3) is 3.30. The van der Waals surface area contributed by atoms with Gasteiger partial charge in [0, 0.05) is 17.0 Å². The quantitative estimate of drug-likeness (QED) is 0.431. The van der Waals surface area contributed by atoms with Crippen molar-refractivity contribution < 1.29 is 26.9 Å². The van der Waals surface area contributed by atoms with Crippen LogP contribution in [0.4, 0.5) is 0 Å². The Morgan fingerprint density at radius 1 is 1.08 bits per heavy atom. The third-order valence-electron chi connectivity index (χ3n) is 3.60. The van der Waals surface area contributed by atoms with E-state index in [9.17, 15) is 18.0 Å². The zero-order chi connectivity index (χ0) is 18.2. The summed E-state index contributed by atoms with van der Waals surface area (Å²) < 4.78 is 41.2. The van der Waals surface area contributed by atoms with Gasteiger partial charge in [-0.05, 0) is 42.5 Å². The van der Waals surface area contributed by atoms with E-state index in [0.717, 1.165) is 12.1 Å². The number of fused-ring (bicyclic) bond motifs is 1. The van der Waals surface area contributed by atoms with Gasteiger partial charge in [-0.3, -0.25) is 9.35 Å². The van der Waals surface area contributed by atoms with Crippen molar-refractivity contribution in [1.82, 2.24) is 0 Å². The summed E-state index contributed by atoms with van der Waals surface area (Å²) in [5.41, 5.74) is -0.628. The molecule has 0 bridgehead atoms. The fraction of sp³-hybridized carbons (Fsp3) is 0.0588. The van der Waals surface area contributed by atoms with Crippen LogP contribution < -0.4 is 10.4 Å². The second-order valence-electron chi connectivity index (χ2n) is 5.18. The predicted octanol–water partition coefficient (Wildman–Crippen LogP) is 2.28. The highest BCUT2D eigenvalue weighted by atomic mass is 32.2. The third-order valence-corrected chi connectivity index (χ3v) is 4.47. The number of carbonyl (C=O) groups is 1. The summed E-state index contributed by atoms with van der Waals surface area (Å²) >= 11 is 0. The van der Waals surface area contributed by atoms with Crippen LogP contribution in [0, 0.1) is 0 Å². The lowest BCUT2D eigenvalue weighted by Crippen LogP contribution is -2.15. The van der Waals surface area contributed by atoms with Crippen LogP contribution in [0.15, 0.2) is 62.6 Å². The normalized spacial score (nSPS) is 11.4. The fourth-order valence-electron chi connectivity index (χ4n) is 2.31. The molecule has 0 unspecified atom stereocenters. The molecule has 0 aliphatic rings. The molecule has 25 heavy (non-hydrogen) atoms. The van der Waals surface area contributed by atoms with Crippen LogP contribution in [0.2, 0.25) is 0 Å². The van der Waals surface area contributed by atoms with Gasteiger partial charge in [-0.2, -0.15) is 8.42 Å². The molecule has 0 amide bonds. The smallest absolute Gasteiger partial charge is 0.347 e. The topological polar surface area (TPSA) is 111 Å². The first kappa shape index (κ1) is 16.9. The molecule has 0 radical (unpaired) electrons. The summed E-state index contributed by atoms with van der Waals surface area (Å²) in [6.45, 7) is 0. The molecule has 128 valence electrons. The van der Waals surface area contributed by atoms with Crippen molar-refractivity contribution >= 4 is 26.9 Å². The summed E-state index contributed by atoms with van der Waals surface area (Å²) in [7, 11) is -2.88. The molecule has 0 atom stereocenters. The maximum absolute atomic E-state index is 12.5.